The predicted molar refractivity (Wildman–Crippen MR) is 76.8 cm³/mol. The maximum absolute atomic E-state index is 10.5. The first-order valence-electron chi connectivity index (χ1n) is 6.02. The molecule has 0 bridgehead atoms. The Kier molecular flexibility index (Phi) is 5.63. The minimum absolute atomic E-state index is 0.593. The highest BCUT2D eigenvalue weighted by Gasteiger charge is 2.12. The smallest absolute Gasteiger partial charge is 0.339 e. The number of carboxylic acids is 1. The molecule has 0 amide bonds. The highest BCUT2D eigenvalue weighted by molar-refractivity contribution is 7.85. The van der Waals surface area contributed by atoms with Gasteiger partial charge in [-0.15, -0.1) is 0 Å². The summed E-state index contributed by atoms with van der Waals surface area (Å²) in [6.45, 7) is 2.07. The summed E-state index contributed by atoms with van der Waals surface area (Å²) in [5.41, 5.74) is 5.51. The first-order valence-corrected chi connectivity index (χ1v) is 7.43. The highest BCUT2D eigenvalue weighted by atomic mass is 32.2. The van der Waals surface area contributed by atoms with Gasteiger partial charge in [-0.25, -0.2) is 13.2 Å². The molecule has 0 aliphatic heterocycles. The summed E-state index contributed by atoms with van der Waals surface area (Å²) >= 11 is 0. The van der Waals surface area contributed by atoms with Crippen LogP contribution in [0.3, 0.4) is 0 Å². The van der Waals surface area contributed by atoms with E-state index >= 15 is 0 Å². The first-order chi connectivity index (χ1) is 10.1. The van der Waals surface area contributed by atoms with Gasteiger partial charge in [-0.05, 0) is 37.3 Å². The molecule has 0 aromatic heterocycles. The molecule has 7 nitrogen and oxygen atoms in total. The number of hydrogen-bond acceptors (Lipinski definition) is 5. The average Bonchev–Trinajstić information content (AvgIpc) is 2.41. The van der Waals surface area contributed by atoms with Gasteiger partial charge in [-0.1, -0.05) is 17.7 Å². The molecule has 0 fully saturated rings. The van der Waals surface area contributed by atoms with Crippen molar-refractivity contribution in [1.82, 2.24) is 0 Å². The second-order valence-electron chi connectivity index (χ2n) is 4.42. The number of quaternary nitrogens is 1. The molecular weight excluding hydrogens is 310 g/mol. The predicted octanol–water partition coefficient (Wildman–Crippen LogP) is 0.863. The van der Waals surface area contributed by atoms with Gasteiger partial charge in [0, 0.05) is 0 Å². The van der Waals surface area contributed by atoms with E-state index in [1.165, 1.54) is 5.56 Å². The van der Waals surface area contributed by atoms with Crippen molar-refractivity contribution in [3.8, 4) is 5.75 Å². The maximum Gasteiger partial charge on any atom is 0.339 e. The second kappa shape index (κ2) is 7.03. The fourth-order valence-electron chi connectivity index (χ4n) is 1.43. The van der Waals surface area contributed by atoms with E-state index in [9.17, 15) is 17.8 Å². The third-order valence-electron chi connectivity index (χ3n) is 2.61. The van der Waals surface area contributed by atoms with Crippen LogP contribution in [0.5, 0.6) is 5.75 Å². The van der Waals surface area contributed by atoms with E-state index in [0.29, 0.717) is 6.07 Å². The lowest BCUT2D eigenvalue weighted by Crippen LogP contribution is -2.39. The Hall–Kier alpha value is -2.42. The minimum atomic E-state index is -4.70. The van der Waals surface area contributed by atoms with Crippen molar-refractivity contribution in [2.75, 3.05) is 0 Å². The molecule has 22 heavy (non-hydrogen) atoms. The summed E-state index contributed by atoms with van der Waals surface area (Å²) in [6, 6.07) is 10.4. The van der Waals surface area contributed by atoms with Crippen molar-refractivity contribution in [2.45, 2.75) is 11.8 Å². The summed E-state index contributed by atoms with van der Waals surface area (Å²) in [4.78, 5) is 9.76. The first kappa shape index (κ1) is 17.6. The summed E-state index contributed by atoms with van der Waals surface area (Å²) in [7, 11) is -4.70. The third-order valence-corrected chi connectivity index (χ3v) is 3.44. The van der Waals surface area contributed by atoms with Crippen LogP contribution in [0, 0.1) is 6.92 Å². The van der Waals surface area contributed by atoms with E-state index in [0.717, 1.165) is 17.8 Å². The van der Waals surface area contributed by atoms with Gasteiger partial charge in [0.15, 0.2) is 0 Å². The Morgan fingerprint density at radius 2 is 1.68 bits per heavy atom. The van der Waals surface area contributed by atoms with Crippen LogP contribution >= 0.6 is 0 Å². The van der Waals surface area contributed by atoms with Crippen LogP contribution in [0.1, 0.15) is 15.9 Å². The lowest BCUT2D eigenvalue weighted by molar-refractivity contribution is -0.254. The largest absolute Gasteiger partial charge is 0.744 e. The zero-order valence-electron chi connectivity index (χ0n) is 11.7. The van der Waals surface area contributed by atoms with E-state index in [-0.39, 0.29) is 0 Å². The van der Waals surface area contributed by atoms with E-state index < -0.39 is 32.3 Å². The zero-order valence-corrected chi connectivity index (χ0v) is 12.5. The van der Waals surface area contributed by atoms with Crippen LogP contribution in [0.25, 0.3) is 0 Å². The van der Waals surface area contributed by atoms with Crippen molar-refractivity contribution < 1.29 is 33.7 Å². The van der Waals surface area contributed by atoms with E-state index in [2.05, 4.69) is 24.8 Å². The molecule has 2 rings (SSSR count). The number of carboxylic acid groups (broad SMARTS) is 1. The topological polar surface area (TPSA) is 142 Å². The average molecular weight is 325 g/mol. The Morgan fingerprint density at radius 1 is 1.14 bits per heavy atom. The molecule has 0 spiro atoms. The molecule has 0 unspecified atom stereocenters. The van der Waals surface area contributed by atoms with Crippen LogP contribution in [0.2, 0.25) is 0 Å². The summed E-state index contributed by atoms with van der Waals surface area (Å²) in [5.74, 6) is -2.10. The fourth-order valence-corrected chi connectivity index (χ4v) is 1.93. The number of phenols is 1. The molecule has 2 aromatic rings. The molecule has 0 aliphatic rings. The van der Waals surface area contributed by atoms with Gasteiger partial charge in [0.05, 0.1) is 4.90 Å². The molecule has 0 aliphatic carbocycles. The molecule has 0 radical (unpaired) electrons. The van der Waals surface area contributed by atoms with Gasteiger partial charge < -0.3 is 20.5 Å². The molecule has 5 N–H and O–H groups in total. The van der Waals surface area contributed by atoms with Crippen molar-refractivity contribution in [3.05, 3.63) is 53.6 Å². The van der Waals surface area contributed by atoms with Gasteiger partial charge >= 0.3 is 5.97 Å². The quantitative estimate of drug-likeness (QED) is 0.699. The van der Waals surface area contributed by atoms with Crippen LogP contribution in [-0.2, 0) is 10.1 Å². The molecule has 0 atom stereocenters. The molecular formula is C14H15NO6S. The van der Waals surface area contributed by atoms with Crippen LogP contribution in [0.4, 0.5) is 5.69 Å². The van der Waals surface area contributed by atoms with Gasteiger partial charge in [-0.3, -0.25) is 0 Å². The summed E-state index contributed by atoms with van der Waals surface area (Å²) in [5, 5.41) is 17.5. The lowest BCUT2D eigenvalue weighted by atomic mass is 10.2. The van der Waals surface area contributed by atoms with E-state index in [1.807, 2.05) is 12.1 Å². The number of aromatic carboxylic acids is 1. The molecule has 8 heteroatoms. The van der Waals surface area contributed by atoms with Gasteiger partial charge in [0.25, 0.3) is 0 Å². The number of rotatable bonds is 2. The van der Waals surface area contributed by atoms with Gasteiger partial charge in [-0.2, -0.15) is 0 Å². The normalized spacial score (nSPS) is 10.5. The van der Waals surface area contributed by atoms with Gasteiger partial charge in [0.1, 0.15) is 27.1 Å². The molecule has 2 aromatic carbocycles. The molecule has 0 saturated heterocycles. The monoisotopic (exact) mass is 325 g/mol. The highest BCUT2D eigenvalue weighted by Crippen LogP contribution is 2.20. The second-order valence-corrected chi connectivity index (χ2v) is 5.80. The molecule has 118 valence electrons. The Morgan fingerprint density at radius 3 is 2.09 bits per heavy atom. The number of aromatic hydroxyl groups is 1. The van der Waals surface area contributed by atoms with Crippen LogP contribution in [0.15, 0.2) is 47.4 Å². The number of aryl methyl sites for hydroxylation is 1. The Bertz CT molecular complexity index is 747. The van der Waals surface area contributed by atoms with E-state index in [4.69, 9.17) is 10.2 Å². The Balaban J connectivity index is 0.000000255. The molecule has 0 saturated carbocycles. The van der Waals surface area contributed by atoms with Crippen molar-refractivity contribution in [2.24, 2.45) is 0 Å². The third kappa shape index (κ3) is 5.17. The SMILES string of the molecule is Cc1ccc([NH3+])cc1.O=C(O)c1cc(S(=O)(=O)[O-])ccc1O. The minimum Gasteiger partial charge on any atom is -0.744 e. The van der Waals surface area contributed by atoms with Crippen molar-refractivity contribution in [1.29, 1.82) is 0 Å². The summed E-state index contributed by atoms with van der Waals surface area (Å²) < 4.78 is 31.5. The summed E-state index contributed by atoms with van der Waals surface area (Å²) in [6.07, 6.45) is 0. The zero-order chi connectivity index (χ0) is 16.9. The van der Waals surface area contributed by atoms with E-state index in [1.54, 1.807) is 0 Å². The van der Waals surface area contributed by atoms with Crippen LogP contribution in [-0.4, -0.2) is 29.2 Å². The maximum atomic E-state index is 10.5. The van der Waals surface area contributed by atoms with Crippen LogP contribution < -0.4 is 5.73 Å². The van der Waals surface area contributed by atoms with Crippen molar-refractivity contribution >= 4 is 21.8 Å². The van der Waals surface area contributed by atoms with Crippen molar-refractivity contribution in [3.63, 3.8) is 0 Å². The fraction of sp³-hybridized carbons (Fsp3) is 0.0714. The number of benzene rings is 2. The lowest BCUT2D eigenvalue weighted by Gasteiger charge is -2.08. The Labute approximate surface area is 127 Å². The number of carbonyl (C=O) groups is 1. The standard InChI is InChI=1S/C7H9N.C7H6O6S/c1-6-2-4-7(8)5-3-6;8-6-2-1-4(14(11,12)13)3-5(6)7(9)10/h2-5H,8H2,1H3;1-3,8H,(H,9,10)(H,11,12,13). The molecule has 0 heterocycles. The number of hydrogen-bond donors (Lipinski definition) is 3. The van der Waals surface area contributed by atoms with Gasteiger partial charge in [0.2, 0.25) is 0 Å².